The number of hydrogen-bond acceptors (Lipinski definition) is 9. The second-order valence-electron chi connectivity index (χ2n) is 10.3. The molecule has 1 fully saturated rings. The van der Waals surface area contributed by atoms with Gasteiger partial charge in [-0.1, -0.05) is 6.08 Å². The van der Waals surface area contributed by atoms with Gasteiger partial charge in [0.2, 0.25) is 11.2 Å². The molecule has 4 aromatic rings. The molecule has 0 radical (unpaired) electrons. The van der Waals surface area contributed by atoms with Crippen LogP contribution in [-0.2, 0) is 30.7 Å². The lowest BCUT2D eigenvalue weighted by atomic mass is 10.0. The zero-order chi connectivity index (χ0) is 33.4. The summed E-state index contributed by atoms with van der Waals surface area (Å²) in [5.41, 5.74) is -1.20. The minimum atomic E-state index is -5.03. The van der Waals surface area contributed by atoms with Crippen LogP contribution < -0.4 is 9.80 Å². The molecule has 1 aliphatic heterocycles. The fourth-order valence-corrected chi connectivity index (χ4v) is 5.25. The summed E-state index contributed by atoms with van der Waals surface area (Å²) < 4.78 is 88.8. The number of allylic oxidation sites excluding steroid dienone is 1. The number of methoxy groups -OCH3 is 1. The molecule has 3 aromatic heterocycles. The predicted octanol–water partition coefficient (Wildman–Crippen LogP) is 6.33. The molecule has 46 heavy (non-hydrogen) atoms. The maximum atomic E-state index is 13.7. The van der Waals surface area contributed by atoms with E-state index in [0.29, 0.717) is 29.0 Å². The highest BCUT2D eigenvalue weighted by atomic mass is 35.5. The molecular formula is C29H25ClF6N8O2. The van der Waals surface area contributed by atoms with Gasteiger partial charge in [-0.3, -0.25) is 4.68 Å². The van der Waals surface area contributed by atoms with E-state index >= 15 is 0 Å². The van der Waals surface area contributed by atoms with E-state index in [1.807, 2.05) is 0 Å². The number of carbonyl (C=O) groups is 1. The minimum absolute atomic E-state index is 0.00298. The summed E-state index contributed by atoms with van der Waals surface area (Å²) in [6, 6.07) is 0.818. The van der Waals surface area contributed by atoms with Crippen LogP contribution in [0.5, 0.6) is 0 Å². The Hall–Kier alpha value is -4.73. The van der Waals surface area contributed by atoms with Gasteiger partial charge in [0.05, 0.1) is 30.5 Å². The van der Waals surface area contributed by atoms with Crippen molar-refractivity contribution < 1.29 is 35.9 Å². The van der Waals surface area contributed by atoms with E-state index in [1.54, 1.807) is 42.0 Å². The van der Waals surface area contributed by atoms with Crippen molar-refractivity contribution in [1.82, 2.24) is 29.7 Å². The molecule has 0 aliphatic carbocycles. The molecule has 0 amide bonds. The van der Waals surface area contributed by atoms with Crippen LogP contribution >= 0.6 is 11.6 Å². The lowest BCUT2D eigenvalue weighted by molar-refractivity contribution is -0.143. The Kier molecular flexibility index (Phi) is 8.93. The van der Waals surface area contributed by atoms with E-state index < -0.39 is 42.0 Å². The molecule has 0 bridgehead atoms. The Morgan fingerprint density at radius 2 is 1.67 bits per heavy atom. The topological polar surface area (TPSA) is 102 Å². The summed E-state index contributed by atoms with van der Waals surface area (Å²) in [6.07, 6.45) is -0.567. The first kappa shape index (κ1) is 32.7. The highest BCUT2D eigenvalue weighted by Gasteiger charge is 2.39. The Labute approximate surface area is 263 Å². The number of alkyl halides is 6. The quantitative estimate of drug-likeness (QED) is 0.127. The second-order valence-corrected chi connectivity index (χ2v) is 10.7. The maximum absolute atomic E-state index is 13.7. The predicted molar refractivity (Wildman–Crippen MR) is 155 cm³/mol. The summed E-state index contributed by atoms with van der Waals surface area (Å²) in [5, 5.41) is 3.96. The van der Waals surface area contributed by atoms with Gasteiger partial charge in [0.25, 0.3) is 0 Å². The SMILES string of the molecule is C/C=C1/CC(N(Cc2cc(C(F)(F)F)cc(C(F)(F)F)c2)c2ncc(-c3cnn(C)c3)cn2)CN1c1nc(Cl)ncc1C(=O)OC. The van der Waals surface area contributed by atoms with Crippen LogP contribution in [0.1, 0.15) is 40.4 Å². The van der Waals surface area contributed by atoms with Gasteiger partial charge >= 0.3 is 18.3 Å². The molecule has 1 saturated heterocycles. The van der Waals surface area contributed by atoms with Crippen molar-refractivity contribution >= 4 is 29.3 Å². The molecule has 5 rings (SSSR count). The Bertz CT molecular complexity index is 1740. The van der Waals surface area contributed by atoms with E-state index in [2.05, 4.69) is 25.0 Å². The number of ether oxygens (including phenoxy) is 1. The van der Waals surface area contributed by atoms with E-state index in [0.717, 1.165) is 0 Å². The van der Waals surface area contributed by atoms with E-state index in [-0.39, 0.29) is 47.2 Å². The Morgan fingerprint density at radius 3 is 2.22 bits per heavy atom. The zero-order valence-electron chi connectivity index (χ0n) is 24.4. The van der Waals surface area contributed by atoms with Crippen molar-refractivity contribution in [2.24, 2.45) is 7.05 Å². The van der Waals surface area contributed by atoms with Crippen LogP contribution in [0.2, 0.25) is 5.28 Å². The third-order valence-electron chi connectivity index (χ3n) is 7.29. The van der Waals surface area contributed by atoms with Gasteiger partial charge < -0.3 is 14.5 Å². The highest BCUT2D eigenvalue weighted by Crippen LogP contribution is 2.38. The number of benzene rings is 1. The van der Waals surface area contributed by atoms with Crippen molar-refractivity contribution in [1.29, 1.82) is 0 Å². The van der Waals surface area contributed by atoms with Crippen molar-refractivity contribution in [2.75, 3.05) is 23.5 Å². The number of aromatic nitrogens is 6. The standard InChI is InChI=1S/C29H25ClF6N8O2/c1-4-21-8-22(15-43(21)24-23(25(45)46-3)12-37-26(30)41-24)44(27-38-9-17(10-39-27)18-11-40-42(2)14-18)13-16-5-19(28(31,32)33)7-20(6-16)29(34,35)36/h4-7,9-12,14,22H,8,13,15H2,1-3H3/b21-4-. The normalized spacial score (nSPS) is 16.3. The van der Waals surface area contributed by atoms with Crippen LogP contribution in [0, 0.1) is 0 Å². The number of nitrogens with zero attached hydrogens (tertiary/aromatic N) is 8. The van der Waals surface area contributed by atoms with E-state index in [9.17, 15) is 31.1 Å². The van der Waals surface area contributed by atoms with Crippen LogP contribution in [0.4, 0.5) is 38.1 Å². The molecular weight excluding hydrogens is 642 g/mol. The first-order valence-electron chi connectivity index (χ1n) is 13.6. The van der Waals surface area contributed by atoms with Crippen molar-refractivity contribution in [3.63, 3.8) is 0 Å². The van der Waals surface area contributed by atoms with Gasteiger partial charge in [0, 0.05) is 68.2 Å². The third-order valence-corrected chi connectivity index (χ3v) is 7.47. The minimum Gasteiger partial charge on any atom is -0.465 e. The van der Waals surface area contributed by atoms with Crippen molar-refractivity contribution in [2.45, 2.75) is 38.3 Å². The fraction of sp³-hybridized carbons (Fsp3) is 0.310. The monoisotopic (exact) mass is 666 g/mol. The number of carbonyl (C=O) groups excluding carboxylic acids is 1. The molecule has 0 saturated carbocycles. The average molecular weight is 667 g/mol. The molecule has 1 atom stereocenters. The smallest absolute Gasteiger partial charge is 0.416 e. The first-order chi connectivity index (χ1) is 21.7. The molecule has 1 unspecified atom stereocenters. The fourth-order valence-electron chi connectivity index (χ4n) is 5.12. The number of aryl methyl sites for hydroxylation is 1. The summed E-state index contributed by atoms with van der Waals surface area (Å²) in [4.78, 5) is 32.7. The van der Waals surface area contributed by atoms with E-state index in [1.165, 1.54) is 30.6 Å². The summed E-state index contributed by atoms with van der Waals surface area (Å²) >= 11 is 6.07. The first-order valence-corrected chi connectivity index (χ1v) is 14.0. The lowest BCUT2D eigenvalue weighted by Gasteiger charge is -2.30. The zero-order valence-corrected chi connectivity index (χ0v) is 25.2. The molecule has 0 spiro atoms. The van der Waals surface area contributed by atoms with Crippen LogP contribution in [0.15, 0.2) is 61.0 Å². The second kappa shape index (κ2) is 12.6. The van der Waals surface area contributed by atoms with Crippen molar-refractivity contribution in [3.05, 3.63) is 88.5 Å². The van der Waals surface area contributed by atoms with Gasteiger partial charge in [-0.15, -0.1) is 0 Å². The summed E-state index contributed by atoms with van der Waals surface area (Å²) in [7, 11) is 2.91. The molecule has 242 valence electrons. The molecule has 4 heterocycles. The van der Waals surface area contributed by atoms with Crippen LogP contribution in [0.3, 0.4) is 0 Å². The third kappa shape index (κ3) is 6.90. The number of rotatable bonds is 7. The average Bonchev–Trinajstić information content (AvgIpc) is 3.65. The van der Waals surface area contributed by atoms with Crippen LogP contribution in [0.25, 0.3) is 11.1 Å². The van der Waals surface area contributed by atoms with Crippen LogP contribution in [-0.4, -0.2) is 55.4 Å². The highest BCUT2D eigenvalue weighted by molar-refractivity contribution is 6.28. The molecule has 0 N–H and O–H groups in total. The number of anilines is 2. The van der Waals surface area contributed by atoms with Gasteiger partial charge in [-0.05, 0) is 42.3 Å². The molecule has 10 nitrogen and oxygen atoms in total. The van der Waals surface area contributed by atoms with Gasteiger partial charge in [-0.2, -0.15) is 36.4 Å². The van der Waals surface area contributed by atoms with Gasteiger partial charge in [0.1, 0.15) is 5.56 Å². The molecule has 1 aromatic carbocycles. The van der Waals surface area contributed by atoms with Crippen molar-refractivity contribution in [3.8, 4) is 11.1 Å². The largest absolute Gasteiger partial charge is 0.465 e. The summed E-state index contributed by atoms with van der Waals surface area (Å²) in [6.45, 7) is 1.40. The van der Waals surface area contributed by atoms with E-state index in [4.69, 9.17) is 16.3 Å². The number of halogens is 7. The Morgan fingerprint density at radius 1 is 1.02 bits per heavy atom. The maximum Gasteiger partial charge on any atom is 0.416 e. The molecule has 1 aliphatic rings. The van der Waals surface area contributed by atoms with Gasteiger partial charge in [-0.25, -0.2) is 19.7 Å². The molecule has 17 heteroatoms. The summed E-state index contributed by atoms with van der Waals surface area (Å²) in [5.74, 6) is -0.566. The Balaban J connectivity index is 1.59. The van der Waals surface area contributed by atoms with Gasteiger partial charge in [0.15, 0.2) is 5.82 Å². The number of esters is 1. The number of hydrogen-bond donors (Lipinski definition) is 0. The lowest BCUT2D eigenvalue weighted by Crippen LogP contribution is -2.39.